The van der Waals surface area contributed by atoms with E-state index in [9.17, 15) is 14.7 Å². The zero-order valence-electron chi connectivity index (χ0n) is 19.6. The number of amides is 1. The van der Waals surface area contributed by atoms with E-state index in [0.29, 0.717) is 18.3 Å². The number of carbonyl (C=O) groups is 2. The molecule has 0 aliphatic heterocycles. The van der Waals surface area contributed by atoms with E-state index in [-0.39, 0.29) is 17.7 Å². The fourth-order valence-corrected chi connectivity index (χ4v) is 4.87. The van der Waals surface area contributed by atoms with Gasteiger partial charge in [0.05, 0.1) is 5.92 Å². The van der Waals surface area contributed by atoms with Crippen molar-refractivity contribution in [2.45, 2.75) is 111 Å². The van der Waals surface area contributed by atoms with E-state index < -0.39 is 5.97 Å². The molecule has 4 heteroatoms. The van der Waals surface area contributed by atoms with Gasteiger partial charge in [-0.05, 0) is 43.4 Å². The molecule has 4 unspecified atom stereocenters. The molecule has 1 aliphatic carbocycles. The lowest BCUT2D eigenvalue weighted by Crippen LogP contribution is -2.41. The highest BCUT2D eigenvalue weighted by atomic mass is 16.4. The van der Waals surface area contributed by atoms with Crippen LogP contribution in [0.25, 0.3) is 0 Å². The number of nitrogens with zero attached hydrogens (tertiary/aromatic N) is 1. The van der Waals surface area contributed by atoms with E-state index >= 15 is 0 Å². The summed E-state index contributed by atoms with van der Waals surface area (Å²) in [5.41, 5.74) is 0. The molecule has 0 radical (unpaired) electrons. The van der Waals surface area contributed by atoms with Gasteiger partial charge in [-0.25, -0.2) is 0 Å². The van der Waals surface area contributed by atoms with Crippen LogP contribution in [0.5, 0.6) is 0 Å². The quantitative estimate of drug-likeness (QED) is 0.334. The van der Waals surface area contributed by atoms with Gasteiger partial charge in [0, 0.05) is 19.5 Å². The van der Waals surface area contributed by atoms with Crippen molar-refractivity contribution in [3.05, 3.63) is 0 Å². The van der Waals surface area contributed by atoms with Crippen molar-refractivity contribution in [2.75, 3.05) is 13.1 Å². The van der Waals surface area contributed by atoms with Crippen molar-refractivity contribution in [2.24, 2.45) is 23.7 Å². The maximum Gasteiger partial charge on any atom is 0.306 e. The monoisotopic (exact) mass is 409 g/mol. The van der Waals surface area contributed by atoms with Gasteiger partial charge in [-0.1, -0.05) is 79.1 Å². The molecule has 4 atom stereocenters. The topological polar surface area (TPSA) is 57.6 Å². The first-order chi connectivity index (χ1) is 14.0. The molecule has 4 nitrogen and oxygen atoms in total. The molecule has 0 spiro atoms. The Labute approximate surface area is 179 Å². The molecule has 1 saturated carbocycles. The first-order valence-electron chi connectivity index (χ1n) is 12.5. The van der Waals surface area contributed by atoms with E-state index in [1.54, 1.807) is 0 Å². The molecular weight excluding hydrogens is 362 g/mol. The minimum Gasteiger partial charge on any atom is -0.481 e. The van der Waals surface area contributed by atoms with Gasteiger partial charge in [0.15, 0.2) is 0 Å². The lowest BCUT2D eigenvalue weighted by Gasteiger charge is -2.34. The van der Waals surface area contributed by atoms with Gasteiger partial charge in [-0.3, -0.25) is 9.59 Å². The van der Waals surface area contributed by atoms with Gasteiger partial charge >= 0.3 is 5.97 Å². The number of hydrogen-bond acceptors (Lipinski definition) is 2. The number of rotatable bonds is 15. The molecule has 1 rings (SSSR count). The standard InChI is InChI=1S/C25H47NO3/c1-5-9-13-20(7-3)18-26(19-21(8-4)14-10-6-2)24(27)17-22-15-11-12-16-23(22)25(28)29/h20-23H,5-19H2,1-4H3,(H,28,29). The van der Waals surface area contributed by atoms with E-state index in [4.69, 9.17) is 0 Å². The number of hydrogen-bond donors (Lipinski definition) is 1. The molecule has 1 aliphatic rings. The van der Waals surface area contributed by atoms with Crippen LogP contribution in [0.15, 0.2) is 0 Å². The van der Waals surface area contributed by atoms with Crippen molar-refractivity contribution >= 4 is 11.9 Å². The number of carbonyl (C=O) groups excluding carboxylic acids is 1. The van der Waals surface area contributed by atoms with E-state index in [1.807, 2.05) is 0 Å². The minimum absolute atomic E-state index is 0.0164. The molecule has 1 amide bonds. The first kappa shape index (κ1) is 26.0. The maximum absolute atomic E-state index is 13.4. The Morgan fingerprint density at radius 3 is 1.86 bits per heavy atom. The summed E-state index contributed by atoms with van der Waals surface area (Å²) in [4.78, 5) is 27.2. The van der Waals surface area contributed by atoms with Crippen molar-refractivity contribution < 1.29 is 14.7 Å². The molecule has 29 heavy (non-hydrogen) atoms. The molecule has 0 bridgehead atoms. The van der Waals surface area contributed by atoms with Crippen LogP contribution in [0.1, 0.15) is 111 Å². The molecule has 1 N–H and O–H groups in total. The second kappa shape index (κ2) is 14.8. The lowest BCUT2D eigenvalue weighted by atomic mass is 9.77. The molecular formula is C25H47NO3. The normalized spacial score (nSPS) is 21.5. The van der Waals surface area contributed by atoms with Crippen LogP contribution >= 0.6 is 0 Å². The van der Waals surface area contributed by atoms with Gasteiger partial charge in [-0.2, -0.15) is 0 Å². The molecule has 0 heterocycles. The number of carboxylic acid groups (broad SMARTS) is 1. The predicted molar refractivity (Wildman–Crippen MR) is 121 cm³/mol. The Hall–Kier alpha value is -1.06. The summed E-state index contributed by atoms with van der Waals surface area (Å²) in [7, 11) is 0. The van der Waals surface area contributed by atoms with Gasteiger partial charge in [-0.15, -0.1) is 0 Å². The average Bonchev–Trinajstić information content (AvgIpc) is 2.72. The Kier molecular flexibility index (Phi) is 13.3. The zero-order valence-corrected chi connectivity index (χ0v) is 19.6. The zero-order chi connectivity index (χ0) is 21.6. The third-order valence-electron chi connectivity index (χ3n) is 7.06. The number of unbranched alkanes of at least 4 members (excludes halogenated alkanes) is 2. The van der Waals surface area contributed by atoms with Gasteiger partial charge in [0.25, 0.3) is 0 Å². The average molecular weight is 410 g/mol. The molecule has 0 aromatic carbocycles. The fourth-order valence-electron chi connectivity index (χ4n) is 4.87. The molecule has 170 valence electrons. The summed E-state index contributed by atoms with van der Waals surface area (Å²) in [6.07, 6.45) is 13.5. The highest BCUT2D eigenvalue weighted by Crippen LogP contribution is 2.33. The van der Waals surface area contributed by atoms with Crippen molar-refractivity contribution in [3.63, 3.8) is 0 Å². The predicted octanol–water partition coefficient (Wildman–Crippen LogP) is 6.53. The molecule has 1 fully saturated rings. The van der Waals surface area contributed by atoms with Crippen molar-refractivity contribution in [3.8, 4) is 0 Å². The summed E-state index contributed by atoms with van der Waals surface area (Å²) in [5, 5.41) is 9.60. The second-order valence-electron chi connectivity index (χ2n) is 9.33. The Morgan fingerprint density at radius 1 is 0.897 bits per heavy atom. The smallest absolute Gasteiger partial charge is 0.306 e. The minimum atomic E-state index is -0.710. The summed E-state index contributed by atoms with van der Waals surface area (Å²) in [6.45, 7) is 10.6. The highest BCUT2D eigenvalue weighted by molar-refractivity contribution is 5.78. The van der Waals surface area contributed by atoms with Crippen LogP contribution in [-0.2, 0) is 9.59 Å². The number of aliphatic carboxylic acids is 1. The lowest BCUT2D eigenvalue weighted by molar-refractivity contribution is -0.146. The van der Waals surface area contributed by atoms with Crippen LogP contribution < -0.4 is 0 Å². The van der Waals surface area contributed by atoms with Gasteiger partial charge in [0.2, 0.25) is 5.91 Å². The summed E-state index contributed by atoms with van der Waals surface area (Å²) < 4.78 is 0. The summed E-state index contributed by atoms with van der Waals surface area (Å²) in [6, 6.07) is 0. The van der Waals surface area contributed by atoms with Crippen LogP contribution in [-0.4, -0.2) is 35.0 Å². The Bertz CT molecular complexity index is 447. The SMILES string of the molecule is CCCCC(CC)CN(CC(CC)CCCC)C(=O)CC1CCCCC1C(=O)O. The molecule has 0 saturated heterocycles. The Morgan fingerprint density at radius 2 is 1.41 bits per heavy atom. The maximum atomic E-state index is 13.4. The molecule has 0 aromatic rings. The number of carboxylic acids is 1. The second-order valence-corrected chi connectivity index (χ2v) is 9.33. The van der Waals surface area contributed by atoms with Crippen LogP contribution in [0.3, 0.4) is 0 Å². The first-order valence-corrected chi connectivity index (χ1v) is 12.5. The van der Waals surface area contributed by atoms with Crippen molar-refractivity contribution in [1.29, 1.82) is 0 Å². The van der Waals surface area contributed by atoms with Gasteiger partial charge in [0.1, 0.15) is 0 Å². The van der Waals surface area contributed by atoms with Crippen LogP contribution in [0.2, 0.25) is 0 Å². The summed E-state index contributed by atoms with van der Waals surface area (Å²) >= 11 is 0. The highest BCUT2D eigenvalue weighted by Gasteiger charge is 2.33. The third kappa shape index (κ3) is 9.53. The Balaban J connectivity index is 2.85. The third-order valence-corrected chi connectivity index (χ3v) is 7.06. The molecule has 0 aromatic heterocycles. The van der Waals surface area contributed by atoms with Gasteiger partial charge < -0.3 is 10.0 Å². The van der Waals surface area contributed by atoms with Crippen LogP contribution in [0.4, 0.5) is 0 Å². The van der Waals surface area contributed by atoms with E-state index in [1.165, 1.54) is 38.5 Å². The van der Waals surface area contributed by atoms with E-state index in [0.717, 1.165) is 51.6 Å². The van der Waals surface area contributed by atoms with Crippen LogP contribution in [0, 0.1) is 23.7 Å². The van der Waals surface area contributed by atoms with E-state index in [2.05, 4.69) is 32.6 Å². The van der Waals surface area contributed by atoms with Crippen molar-refractivity contribution in [1.82, 2.24) is 4.90 Å². The largest absolute Gasteiger partial charge is 0.481 e. The fraction of sp³-hybridized carbons (Fsp3) is 0.920. The summed E-state index contributed by atoms with van der Waals surface area (Å²) in [5.74, 6) is 0.292.